The molecule has 0 aliphatic heterocycles. The zero-order chi connectivity index (χ0) is 15.3. The minimum atomic E-state index is -0.199. The van der Waals surface area contributed by atoms with E-state index in [0.717, 1.165) is 31.6 Å². The quantitative estimate of drug-likeness (QED) is 0.447. The van der Waals surface area contributed by atoms with Crippen molar-refractivity contribution in [3.8, 4) is 5.75 Å². The summed E-state index contributed by atoms with van der Waals surface area (Å²) in [5, 5.41) is 7.54. The molecule has 0 spiro atoms. The Balaban J connectivity index is 2.43. The van der Waals surface area contributed by atoms with Crippen LogP contribution >= 0.6 is 0 Å². The summed E-state index contributed by atoms with van der Waals surface area (Å²) < 4.78 is 5.94. The molecular formula is C17H28N2O. The van der Waals surface area contributed by atoms with Gasteiger partial charge in [-0.1, -0.05) is 26.0 Å². The topological polar surface area (TPSA) is 59.1 Å². The predicted molar refractivity (Wildman–Crippen MR) is 85.7 cm³/mol. The summed E-state index contributed by atoms with van der Waals surface area (Å²) >= 11 is 0. The maximum absolute atomic E-state index is 7.54. The number of aryl methyl sites for hydroxylation is 2. The fourth-order valence-corrected chi connectivity index (χ4v) is 2.13. The molecular weight excluding hydrogens is 248 g/mol. The first-order chi connectivity index (χ1) is 9.25. The summed E-state index contributed by atoms with van der Waals surface area (Å²) in [6.07, 6.45) is 2.94. The Morgan fingerprint density at radius 3 is 2.35 bits per heavy atom. The van der Waals surface area contributed by atoms with Gasteiger partial charge in [0.2, 0.25) is 0 Å². The van der Waals surface area contributed by atoms with Crippen molar-refractivity contribution in [2.75, 3.05) is 6.61 Å². The van der Waals surface area contributed by atoms with E-state index in [-0.39, 0.29) is 11.3 Å². The molecule has 0 bridgehead atoms. The second-order valence-electron chi connectivity index (χ2n) is 6.26. The van der Waals surface area contributed by atoms with E-state index < -0.39 is 0 Å². The van der Waals surface area contributed by atoms with Gasteiger partial charge in [0.25, 0.3) is 0 Å². The number of benzene rings is 1. The molecule has 1 rings (SSSR count). The molecule has 20 heavy (non-hydrogen) atoms. The first kappa shape index (κ1) is 16.5. The van der Waals surface area contributed by atoms with E-state index in [4.69, 9.17) is 15.9 Å². The Morgan fingerprint density at radius 1 is 1.15 bits per heavy atom. The number of hydrogen-bond donors (Lipinski definition) is 2. The summed E-state index contributed by atoms with van der Waals surface area (Å²) in [6.45, 7) is 11.1. The van der Waals surface area contributed by atoms with Gasteiger partial charge in [0.1, 0.15) is 5.75 Å². The molecule has 3 nitrogen and oxygen atoms in total. The summed E-state index contributed by atoms with van der Waals surface area (Å²) in [6, 6.07) is 4.24. The third kappa shape index (κ3) is 4.26. The molecule has 3 heteroatoms. The van der Waals surface area contributed by atoms with Crippen LogP contribution in [-0.2, 0) is 0 Å². The average molecular weight is 276 g/mol. The number of rotatable bonds is 7. The van der Waals surface area contributed by atoms with Crippen LogP contribution in [-0.4, -0.2) is 12.4 Å². The fraction of sp³-hybridized carbons (Fsp3) is 0.588. The lowest BCUT2D eigenvalue weighted by atomic mass is 9.86. The van der Waals surface area contributed by atoms with E-state index in [1.165, 1.54) is 16.7 Å². The third-order valence-corrected chi connectivity index (χ3v) is 4.05. The van der Waals surface area contributed by atoms with E-state index in [1.54, 1.807) is 0 Å². The van der Waals surface area contributed by atoms with Gasteiger partial charge in [0.05, 0.1) is 12.4 Å². The van der Waals surface area contributed by atoms with Crippen LogP contribution in [0.15, 0.2) is 12.1 Å². The van der Waals surface area contributed by atoms with Gasteiger partial charge in [0.15, 0.2) is 0 Å². The van der Waals surface area contributed by atoms with E-state index >= 15 is 0 Å². The van der Waals surface area contributed by atoms with Gasteiger partial charge in [-0.05, 0) is 56.7 Å². The fourth-order valence-electron chi connectivity index (χ4n) is 2.13. The highest BCUT2D eigenvalue weighted by Gasteiger charge is 2.20. The first-order valence-electron chi connectivity index (χ1n) is 7.30. The lowest BCUT2D eigenvalue weighted by molar-refractivity contribution is 0.292. The predicted octanol–water partition coefficient (Wildman–Crippen LogP) is 4.12. The molecule has 1 aromatic carbocycles. The summed E-state index contributed by atoms with van der Waals surface area (Å²) in [4.78, 5) is 0. The smallest absolute Gasteiger partial charge is 0.125 e. The van der Waals surface area contributed by atoms with Crippen molar-refractivity contribution in [3.05, 3.63) is 28.8 Å². The van der Waals surface area contributed by atoms with Crippen LogP contribution in [0.1, 0.15) is 49.8 Å². The van der Waals surface area contributed by atoms with E-state index in [9.17, 15) is 0 Å². The average Bonchev–Trinajstić information content (AvgIpc) is 2.37. The summed E-state index contributed by atoms with van der Waals surface area (Å²) in [5.41, 5.74) is 9.07. The van der Waals surface area contributed by atoms with Crippen molar-refractivity contribution in [3.63, 3.8) is 0 Å². The van der Waals surface area contributed by atoms with Crippen molar-refractivity contribution in [2.45, 2.75) is 53.9 Å². The number of nitrogens with one attached hydrogen (secondary N) is 1. The highest BCUT2D eigenvalue weighted by Crippen LogP contribution is 2.26. The van der Waals surface area contributed by atoms with Gasteiger partial charge >= 0.3 is 0 Å². The van der Waals surface area contributed by atoms with Crippen molar-refractivity contribution >= 4 is 5.84 Å². The van der Waals surface area contributed by atoms with E-state index in [1.807, 2.05) is 13.8 Å². The van der Waals surface area contributed by atoms with Crippen LogP contribution in [0.4, 0.5) is 0 Å². The van der Waals surface area contributed by atoms with Crippen LogP contribution in [0.5, 0.6) is 5.75 Å². The molecule has 0 amide bonds. The van der Waals surface area contributed by atoms with Crippen molar-refractivity contribution in [2.24, 2.45) is 11.1 Å². The van der Waals surface area contributed by atoms with E-state index in [0.29, 0.717) is 0 Å². The van der Waals surface area contributed by atoms with Gasteiger partial charge < -0.3 is 10.5 Å². The molecule has 112 valence electrons. The minimum Gasteiger partial charge on any atom is -0.493 e. The summed E-state index contributed by atoms with van der Waals surface area (Å²) in [5.74, 6) is 1.29. The molecule has 0 saturated heterocycles. The monoisotopic (exact) mass is 276 g/mol. The maximum Gasteiger partial charge on any atom is 0.125 e. The number of nitrogens with two attached hydrogens (primary N) is 1. The van der Waals surface area contributed by atoms with E-state index in [2.05, 4.69) is 32.9 Å². The van der Waals surface area contributed by atoms with Gasteiger partial charge in [-0.3, -0.25) is 5.41 Å². The number of unbranched alkanes of at least 4 members (excludes halogenated alkanes) is 1. The van der Waals surface area contributed by atoms with Crippen LogP contribution < -0.4 is 10.5 Å². The third-order valence-electron chi connectivity index (χ3n) is 4.05. The second-order valence-corrected chi connectivity index (χ2v) is 6.26. The van der Waals surface area contributed by atoms with Gasteiger partial charge in [-0.25, -0.2) is 0 Å². The van der Waals surface area contributed by atoms with Crippen molar-refractivity contribution in [1.82, 2.24) is 0 Å². The Kier molecular flexibility index (Phi) is 5.61. The number of amidine groups is 1. The largest absolute Gasteiger partial charge is 0.493 e. The summed E-state index contributed by atoms with van der Waals surface area (Å²) in [7, 11) is 0. The van der Waals surface area contributed by atoms with Crippen LogP contribution in [0, 0.1) is 31.6 Å². The highest BCUT2D eigenvalue weighted by atomic mass is 16.5. The molecule has 0 heterocycles. The normalized spacial score (nSPS) is 11.4. The van der Waals surface area contributed by atoms with Crippen LogP contribution in [0.2, 0.25) is 0 Å². The molecule has 0 aliphatic rings. The Labute approximate surface area is 123 Å². The van der Waals surface area contributed by atoms with Crippen LogP contribution in [0.25, 0.3) is 0 Å². The molecule has 0 aliphatic carbocycles. The second kappa shape index (κ2) is 6.78. The maximum atomic E-state index is 7.54. The van der Waals surface area contributed by atoms with Gasteiger partial charge in [0, 0.05) is 5.41 Å². The number of ether oxygens (including phenoxy) is 1. The molecule has 3 N–H and O–H groups in total. The molecule has 0 aromatic heterocycles. The lowest BCUT2D eigenvalue weighted by Crippen LogP contribution is -2.30. The van der Waals surface area contributed by atoms with Gasteiger partial charge in [-0.2, -0.15) is 0 Å². The molecule has 0 atom stereocenters. The zero-order valence-electron chi connectivity index (χ0n) is 13.5. The van der Waals surface area contributed by atoms with Crippen molar-refractivity contribution in [1.29, 1.82) is 5.41 Å². The standard InChI is InChI=1S/C17H28N2O/c1-12-8-9-13(2)15(14(12)3)20-11-7-6-10-17(4,5)16(18)19/h8-9H,6-7,10-11H2,1-5H3,(H3,18,19). The lowest BCUT2D eigenvalue weighted by Gasteiger charge is -2.22. The zero-order valence-corrected chi connectivity index (χ0v) is 13.5. The Hall–Kier alpha value is -1.51. The Bertz CT molecular complexity index is 478. The van der Waals surface area contributed by atoms with Crippen LogP contribution in [0.3, 0.4) is 0 Å². The molecule has 0 fully saturated rings. The highest BCUT2D eigenvalue weighted by molar-refractivity contribution is 5.82. The SMILES string of the molecule is Cc1ccc(C)c(OCCCCC(C)(C)C(=N)N)c1C. The minimum absolute atomic E-state index is 0.199. The molecule has 0 unspecified atom stereocenters. The first-order valence-corrected chi connectivity index (χ1v) is 7.30. The van der Waals surface area contributed by atoms with Crippen molar-refractivity contribution < 1.29 is 4.74 Å². The molecule has 0 radical (unpaired) electrons. The molecule has 0 saturated carbocycles. The molecule has 1 aromatic rings. The number of hydrogen-bond acceptors (Lipinski definition) is 2. The van der Waals surface area contributed by atoms with Gasteiger partial charge in [-0.15, -0.1) is 0 Å². The Morgan fingerprint density at radius 2 is 1.75 bits per heavy atom.